The Balaban J connectivity index is 1.88. The van der Waals surface area contributed by atoms with Crippen molar-refractivity contribution in [2.75, 3.05) is 33.3 Å². The van der Waals surface area contributed by atoms with Gasteiger partial charge in [0, 0.05) is 16.0 Å². The summed E-state index contributed by atoms with van der Waals surface area (Å²) in [5, 5.41) is 0. The topological polar surface area (TPSA) is 126 Å². The minimum absolute atomic E-state index is 0.0928. The molecule has 10 nitrogen and oxygen atoms in total. The molecule has 246 valence electrons. The number of hydrogen-bond donors (Lipinski definition) is 0. The lowest BCUT2D eigenvalue weighted by Crippen LogP contribution is -2.54. The Labute approximate surface area is 285 Å². The Bertz CT molecular complexity index is 1800. The third-order valence-corrected chi connectivity index (χ3v) is 12.7. The molecule has 3 aliphatic rings. The molecule has 2 aromatic carbocycles. The molecular weight excluding hydrogens is 663 g/mol. The zero-order chi connectivity index (χ0) is 34.4. The van der Waals surface area contributed by atoms with Crippen LogP contribution in [0.25, 0.3) is 5.57 Å². The van der Waals surface area contributed by atoms with Gasteiger partial charge < -0.3 is 23.8 Å². The number of benzene rings is 2. The molecule has 5 rings (SSSR count). The Morgan fingerprint density at radius 3 is 1.81 bits per heavy atom. The maximum absolute atomic E-state index is 14.4. The molecule has 2 aromatic rings. The summed E-state index contributed by atoms with van der Waals surface area (Å²) in [7, 11) is 4.74. The quantitative estimate of drug-likeness (QED) is 0.281. The second kappa shape index (κ2) is 12.9. The van der Waals surface area contributed by atoms with E-state index in [0.717, 1.165) is 52.0 Å². The fourth-order valence-corrected chi connectivity index (χ4v) is 11.2. The van der Waals surface area contributed by atoms with Crippen LogP contribution in [-0.2, 0) is 49.3 Å². The SMILES string of the molecule is COC(=O)C1=C(C(=O)OC)SC2(S1)C(C(=O)OC)=C(C(=O)OC)SC1=C2c2cc(C)cc(C)c2N(C(=O)Cc2ccccc2)C1(C)C. The second-order valence-electron chi connectivity index (χ2n) is 11.4. The van der Waals surface area contributed by atoms with Crippen LogP contribution in [0, 0.1) is 13.8 Å². The number of nitrogens with zero attached hydrogens (tertiary/aromatic N) is 1. The molecule has 3 heterocycles. The Kier molecular flexibility index (Phi) is 9.46. The van der Waals surface area contributed by atoms with Crippen LogP contribution in [0.2, 0.25) is 0 Å². The third kappa shape index (κ3) is 5.57. The van der Waals surface area contributed by atoms with E-state index < -0.39 is 33.5 Å². The zero-order valence-corrected chi connectivity index (χ0v) is 29.5. The Morgan fingerprint density at radius 1 is 0.745 bits per heavy atom. The number of carbonyl (C=O) groups is 5. The first-order valence-electron chi connectivity index (χ1n) is 14.4. The summed E-state index contributed by atoms with van der Waals surface area (Å²) in [6.07, 6.45) is 0.104. The van der Waals surface area contributed by atoms with Gasteiger partial charge in [-0.05, 0) is 44.9 Å². The minimum atomic E-state index is -1.63. The van der Waals surface area contributed by atoms with Crippen molar-refractivity contribution in [1.29, 1.82) is 0 Å². The molecule has 0 bridgehead atoms. The van der Waals surface area contributed by atoms with Crippen molar-refractivity contribution in [3.63, 3.8) is 0 Å². The average molecular weight is 696 g/mol. The van der Waals surface area contributed by atoms with Crippen LogP contribution in [-0.4, -0.2) is 67.8 Å². The summed E-state index contributed by atoms with van der Waals surface area (Å²) in [4.78, 5) is 70.2. The van der Waals surface area contributed by atoms with E-state index in [0.29, 0.717) is 21.7 Å². The molecule has 0 saturated heterocycles. The minimum Gasteiger partial charge on any atom is -0.466 e. The molecular formula is C34H33NO9S3. The van der Waals surface area contributed by atoms with Gasteiger partial charge in [0.15, 0.2) is 0 Å². The fraction of sp³-hybridized carbons (Fsp3) is 0.324. The van der Waals surface area contributed by atoms with Crippen molar-refractivity contribution in [3.05, 3.63) is 89.9 Å². The van der Waals surface area contributed by atoms with Crippen molar-refractivity contribution < 1.29 is 42.9 Å². The van der Waals surface area contributed by atoms with E-state index in [4.69, 9.17) is 18.9 Å². The molecule has 0 fully saturated rings. The van der Waals surface area contributed by atoms with Gasteiger partial charge in [0.05, 0.1) is 51.7 Å². The molecule has 13 heteroatoms. The average Bonchev–Trinajstić information content (AvgIpc) is 3.44. The van der Waals surface area contributed by atoms with Crippen LogP contribution in [0.3, 0.4) is 0 Å². The first kappa shape index (κ1) is 34.4. The molecule has 0 aliphatic carbocycles. The van der Waals surface area contributed by atoms with E-state index in [2.05, 4.69) is 0 Å². The van der Waals surface area contributed by atoms with Gasteiger partial charge in [-0.25, -0.2) is 19.2 Å². The lowest BCUT2D eigenvalue weighted by Gasteiger charge is -2.51. The zero-order valence-electron chi connectivity index (χ0n) is 27.1. The first-order valence-corrected chi connectivity index (χ1v) is 16.8. The van der Waals surface area contributed by atoms with Gasteiger partial charge in [-0.2, -0.15) is 0 Å². The van der Waals surface area contributed by atoms with Crippen molar-refractivity contribution in [3.8, 4) is 0 Å². The van der Waals surface area contributed by atoms with Crippen LogP contribution in [0.4, 0.5) is 5.69 Å². The van der Waals surface area contributed by atoms with Crippen molar-refractivity contribution >= 4 is 76.3 Å². The van der Waals surface area contributed by atoms with E-state index >= 15 is 0 Å². The van der Waals surface area contributed by atoms with Crippen molar-refractivity contribution in [2.24, 2.45) is 0 Å². The van der Waals surface area contributed by atoms with Gasteiger partial charge in [-0.15, -0.1) is 0 Å². The molecule has 0 saturated carbocycles. The maximum atomic E-state index is 14.4. The fourth-order valence-electron chi connectivity index (χ4n) is 6.10. The summed E-state index contributed by atoms with van der Waals surface area (Å²) >= 11 is 2.82. The molecule has 3 aliphatic heterocycles. The summed E-state index contributed by atoms with van der Waals surface area (Å²) in [5.41, 5.74) is 3.03. The van der Waals surface area contributed by atoms with Gasteiger partial charge in [0.2, 0.25) is 5.91 Å². The van der Waals surface area contributed by atoms with Crippen LogP contribution in [0.5, 0.6) is 0 Å². The van der Waals surface area contributed by atoms with Crippen LogP contribution < -0.4 is 4.90 Å². The van der Waals surface area contributed by atoms with E-state index in [1.165, 1.54) is 28.4 Å². The van der Waals surface area contributed by atoms with Gasteiger partial charge in [0.1, 0.15) is 18.8 Å². The third-order valence-electron chi connectivity index (χ3n) is 8.02. The van der Waals surface area contributed by atoms with E-state index in [-0.39, 0.29) is 32.6 Å². The van der Waals surface area contributed by atoms with Gasteiger partial charge in [-0.3, -0.25) is 4.79 Å². The van der Waals surface area contributed by atoms with Crippen molar-refractivity contribution in [1.82, 2.24) is 0 Å². The Morgan fingerprint density at radius 2 is 1.28 bits per heavy atom. The molecule has 1 spiro atoms. The number of methoxy groups -OCH3 is 4. The summed E-state index contributed by atoms with van der Waals surface area (Å²) in [6.45, 7) is 7.55. The van der Waals surface area contributed by atoms with E-state index in [9.17, 15) is 24.0 Å². The molecule has 0 aromatic heterocycles. The number of aryl methyl sites for hydroxylation is 2. The van der Waals surface area contributed by atoms with Crippen LogP contribution in [0.15, 0.2) is 67.7 Å². The highest BCUT2D eigenvalue weighted by Gasteiger charge is 2.62. The Hall–Kier alpha value is -3.94. The monoisotopic (exact) mass is 695 g/mol. The highest BCUT2D eigenvalue weighted by atomic mass is 32.2. The first-order chi connectivity index (χ1) is 22.3. The molecule has 0 atom stereocenters. The van der Waals surface area contributed by atoms with Crippen LogP contribution >= 0.6 is 35.3 Å². The van der Waals surface area contributed by atoms with E-state index in [1.54, 1.807) is 4.90 Å². The largest absolute Gasteiger partial charge is 0.466 e. The molecule has 47 heavy (non-hydrogen) atoms. The summed E-state index contributed by atoms with van der Waals surface area (Å²) < 4.78 is 18.9. The molecule has 0 radical (unpaired) electrons. The second-order valence-corrected chi connectivity index (χ2v) is 15.1. The standard InChI is InChI=1S/C34H33NO9S3/c1-17-14-18(2)24-20(15-17)22-28(33(3,4)35(24)21(36)16-19-12-10-9-11-13-19)45-25(30(38)42-6)23(29(37)41-5)34(22)46-26(31(39)43-7)27(47-34)32(40)44-8/h9-15H,16H2,1-8H3. The summed E-state index contributed by atoms with van der Waals surface area (Å²) in [5.74, 6) is -3.50. The smallest absolute Gasteiger partial charge is 0.345 e. The van der Waals surface area contributed by atoms with Gasteiger partial charge in [0.25, 0.3) is 0 Å². The molecule has 0 unspecified atom stereocenters. The number of amides is 1. The highest BCUT2D eigenvalue weighted by Crippen LogP contribution is 2.71. The highest BCUT2D eigenvalue weighted by molar-refractivity contribution is 8.26. The number of rotatable bonds is 6. The van der Waals surface area contributed by atoms with Gasteiger partial charge >= 0.3 is 23.9 Å². The number of esters is 4. The predicted octanol–water partition coefficient (Wildman–Crippen LogP) is 5.46. The number of fused-ring (bicyclic) bond motifs is 3. The number of ether oxygens (including phenoxy) is 4. The lowest BCUT2D eigenvalue weighted by atomic mass is 9.81. The maximum Gasteiger partial charge on any atom is 0.345 e. The number of thioether (sulfide) groups is 3. The molecule has 1 amide bonds. The summed E-state index contributed by atoms with van der Waals surface area (Å²) in [6, 6.07) is 13.3. The number of carbonyl (C=O) groups excluding carboxylic acids is 5. The lowest BCUT2D eigenvalue weighted by molar-refractivity contribution is -0.138. The van der Waals surface area contributed by atoms with Crippen LogP contribution in [0.1, 0.15) is 36.1 Å². The normalized spacial score (nSPS) is 17.7. The number of hydrogen-bond acceptors (Lipinski definition) is 12. The molecule has 0 N–H and O–H groups in total. The predicted molar refractivity (Wildman–Crippen MR) is 182 cm³/mol. The van der Waals surface area contributed by atoms with Crippen molar-refractivity contribution in [2.45, 2.75) is 43.7 Å². The van der Waals surface area contributed by atoms with Gasteiger partial charge in [-0.1, -0.05) is 77.2 Å². The number of anilines is 1. The van der Waals surface area contributed by atoms with E-state index in [1.807, 2.05) is 70.2 Å².